The van der Waals surface area contributed by atoms with E-state index in [9.17, 15) is 14.5 Å². The van der Waals surface area contributed by atoms with Crippen LogP contribution in [0.15, 0.2) is 18.2 Å². The van der Waals surface area contributed by atoms with Gasteiger partial charge in [0.1, 0.15) is 11.5 Å². The molecule has 0 unspecified atom stereocenters. The lowest BCUT2D eigenvalue weighted by molar-refractivity contribution is -0.384. The minimum atomic E-state index is -0.509. The normalized spacial score (nSPS) is 10.7. The molecule has 19 heavy (non-hydrogen) atoms. The minimum Gasteiger partial charge on any atom is -0.378 e. The summed E-state index contributed by atoms with van der Waals surface area (Å²) < 4.78 is 13.1. The monoisotopic (exact) mass is 269 g/mol. The highest BCUT2D eigenvalue weighted by molar-refractivity contribution is 5.61. The van der Waals surface area contributed by atoms with Crippen LogP contribution in [0.25, 0.3) is 0 Å². The van der Waals surface area contributed by atoms with Crippen molar-refractivity contribution in [2.24, 2.45) is 0 Å². The van der Waals surface area contributed by atoms with E-state index in [0.717, 1.165) is 38.2 Å². The van der Waals surface area contributed by atoms with E-state index in [1.807, 2.05) is 0 Å². The summed E-state index contributed by atoms with van der Waals surface area (Å²) in [4.78, 5) is 12.5. The van der Waals surface area contributed by atoms with Gasteiger partial charge in [0.25, 0.3) is 5.69 Å². The van der Waals surface area contributed by atoms with Crippen LogP contribution >= 0.6 is 0 Å². The lowest BCUT2D eigenvalue weighted by Gasteiger charge is -2.19. The molecule has 0 heterocycles. The van der Waals surface area contributed by atoms with Crippen LogP contribution in [0.5, 0.6) is 0 Å². The second-order valence-corrected chi connectivity index (χ2v) is 4.28. The van der Waals surface area contributed by atoms with Gasteiger partial charge in [0.05, 0.1) is 4.92 Å². The van der Waals surface area contributed by atoms with E-state index in [1.54, 1.807) is 0 Å². The Labute approximate surface area is 112 Å². The number of anilines is 1. The number of nitrogens with one attached hydrogen (secondary N) is 1. The number of benzene rings is 1. The summed E-state index contributed by atoms with van der Waals surface area (Å²) >= 11 is 0. The summed E-state index contributed by atoms with van der Waals surface area (Å²) in [5.74, 6) is -0.478. The van der Waals surface area contributed by atoms with Crippen molar-refractivity contribution in [2.45, 2.75) is 20.3 Å². The highest BCUT2D eigenvalue weighted by atomic mass is 19.1. The highest BCUT2D eigenvalue weighted by Crippen LogP contribution is 2.24. The van der Waals surface area contributed by atoms with E-state index in [-0.39, 0.29) is 11.4 Å². The van der Waals surface area contributed by atoms with E-state index in [0.29, 0.717) is 6.54 Å². The van der Waals surface area contributed by atoms with Crippen LogP contribution in [-0.4, -0.2) is 36.0 Å². The van der Waals surface area contributed by atoms with E-state index < -0.39 is 10.7 Å². The Kier molecular flexibility index (Phi) is 6.21. The van der Waals surface area contributed by atoms with Crippen molar-refractivity contribution in [1.82, 2.24) is 4.90 Å². The number of nitro groups is 1. The number of nitrogens with zero attached hydrogens (tertiary/aromatic N) is 2. The van der Waals surface area contributed by atoms with Crippen molar-refractivity contribution < 1.29 is 9.31 Å². The van der Waals surface area contributed by atoms with Crippen molar-refractivity contribution >= 4 is 11.4 Å². The van der Waals surface area contributed by atoms with Crippen molar-refractivity contribution in [3.8, 4) is 0 Å². The first-order valence-corrected chi connectivity index (χ1v) is 6.48. The Morgan fingerprint density at radius 2 is 2.11 bits per heavy atom. The van der Waals surface area contributed by atoms with E-state index >= 15 is 0 Å². The number of halogens is 1. The highest BCUT2D eigenvalue weighted by Gasteiger charge is 2.14. The molecule has 0 bridgehead atoms. The lowest BCUT2D eigenvalue weighted by Crippen LogP contribution is -2.29. The largest absolute Gasteiger partial charge is 0.378 e. The maximum atomic E-state index is 13.1. The Hall–Kier alpha value is -1.69. The SMILES string of the molecule is CCCN(CC)CCNc1cc(F)ccc1[N+](=O)[O-]. The second kappa shape index (κ2) is 7.68. The molecule has 0 aromatic heterocycles. The molecular formula is C13H20FN3O2. The molecule has 5 nitrogen and oxygen atoms in total. The standard InChI is InChI=1S/C13H20FN3O2/c1-3-8-16(4-2)9-7-15-12-10-11(14)5-6-13(12)17(18)19/h5-6,10,15H,3-4,7-9H2,1-2H3. The molecule has 0 aliphatic carbocycles. The lowest BCUT2D eigenvalue weighted by atomic mass is 10.2. The van der Waals surface area contributed by atoms with Gasteiger partial charge in [0, 0.05) is 25.2 Å². The molecule has 0 aliphatic rings. The van der Waals surface area contributed by atoms with E-state index in [4.69, 9.17) is 0 Å². The predicted molar refractivity (Wildman–Crippen MR) is 73.9 cm³/mol. The summed E-state index contributed by atoms with van der Waals surface area (Å²) in [6, 6.07) is 3.44. The van der Waals surface area contributed by atoms with Gasteiger partial charge in [-0.2, -0.15) is 0 Å². The molecule has 0 aliphatic heterocycles. The zero-order valence-electron chi connectivity index (χ0n) is 11.4. The summed E-state index contributed by atoms with van der Waals surface area (Å²) in [5.41, 5.74) is 0.137. The summed E-state index contributed by atoms with van der Waals surface area (Å²) in [6.07, 6.45) is 1.06. The van der Waals surface area contributed by atoms with Crippen molar-refractivity contribution in [1.29, 1.82) is 0 Å². The van der Waals surface area contributed by atoms with Crippen molar-refractivity contribution in [3.63, 3.8) is 0 Å². The minimum absolute atomic E-state index is 0.0973. The maximum Gasteiger partial charge on any atom is 0.292 e. The molecule has 106 valence electrons. The van der Waals surface area contributed by atoms with Gasteiger partial charge in [-0.05, 0) is 25.6 Å². The molecule has 1 N–H and O–H groups in total. The topological polar surface area (TPSA) is 58.4 Å². The Morgan fingerprint density at radius 3 is 2.68 bits per heavy atom. The molecule has 1 aromatic rings. The van der Waals surface area contributed by atoms with Gasteiger partial charge in [-0.1, -0.05) is 13.8 Å². The average Bonchev–Trinajstić information content (AvgIpc) is 2.37. The van der Waals surface area contributed by atoms with Crippen LogP contribution in [-0.2, 0) is 0 Å². The zero-order valence-corrected chi connectivity index (χ0v) is 11.4. The van der Waals surface area contributed by atoms with E-state index in [1.165, 1.54) is 6.07 Å². The number of rotatable bonds is 8. The molecule has 0 saturated heterocycles. The van der Waals surface area contributed by atoms with Crippen LogP contribution in [0.3, 0.4) is 0 Å². The summed E-state index contributed by atoms with van der Waals surface area (Å²) in [7, 11) is 0. The smallest absolute Gasteiger partial charge is 0.292 e. The number of likely N-dealkylation sites (N-methyl/N-ethyl adjacent to an activating group) is 1. The molecule has 6 heteroatoms. The van der Waals surface area contributed by atoms with Crippen LogP contribution in [0.1, 0.15) is 20.3 Å². The Morgan fingerprint density at radius 1 is 1.37 bits per heavy atom. The van der Waals surface area contributed by atoms with Gasteiger partial charge in [-0.15, -0.1) is 0 Å². The fourth-order valence-electron chi connectivity index (χ4n) is 1.90. The molecule has 0 saturated carbocycles. The Balaban J connectivity index is 2.61. The second-order valence-electron chi connectivity index (χ2n) is 4.28. The first-order valence-electron chi connectivity index (χ1n) is 6.48. The van der Waals surface area contributed by atoms with Crippen LogP contribution < -0.4 is 5.32 Å². The molecule has 0 fully saturated rings. The third kappa shape index (κ3) is 4.82. The number of nitro benzene ring substituents is 1. The third-order valence-corrected chi connectivity index (χ3v) is 2.89. The summed E-state index contributed by atoms with van der Waals surface area (Å²) in [5, 5.41) is 13.8. The average molecular weight is 269 g/mol. The quantitative estimate of drug-likeness (QED) is 0.582. The molecule has 1 rings (SSSR count). The first kappa shape index (κ1) is 15.4. The zero-order chi connectivity index (χ0) is 14.3. The summed E-state index contributed by atoms with van der Waals surface area (Å²) in [6.45, 7) is 7.42. The van der Waals surface area contributed by atoms with Gasteiger partial charge < -0.3 is 10.2 Å². The molecule has 0 spiro atoms. The molecule has 0 radical (unpaired) electrons. The van der Waals surface area contributed by atoms with Crippen LogP contribution in [0, 0.1) is 15.9 Å². The van der Waals surface area contributed by atoms with Crippen molar-refractivity contribution in [2.75, 3.05) is 31.5 Å². The number of hydrogen-bond acceptors (Lipinski definition) is 4. The molecule has 1 aromatic carbocycles. The fourth-order valence-corrected chi connectivity index (χ4v) is 1.90. The van der Waals surface area contributed by atoms with Gasteiger partial charge in [0.15, 0.2) is 0 Å². The predicted octanol–water partition coefficient (Wildman–Crippen LogP) is 2.88. The van der Waals surface area contributed by atoms with E-state index in [2.05, 4.69) is 24.1 Å². The van der Waals surface area contributed by atoms with Gasteiger partial charge in [0.2, 0.25) is 0 Å². The first-order chi connectivity index (χ1) is 9.08. The van der Waals surface area contributed by atoms with Gasteiger partial charge in [-0.3, -0.25) is 10.1 Å². The van der Waals surface area contributed by atoms with Crippen molar-refractivity contribution in [3.05, 3.63) is 34.1 Å². The van der Waals surface area contributed by atoms with Crippen LogP contribution in [0.2, 0.25) is 0 Å². The molecule has 0 amide bonds. The maximum absolute atomic E-state index is 13.1. The molecule has 0 atom stereocenters. The Bertz CT molecular complexity index is 426. The van der Waals surface area contributed by atoms with Gasteiger partial charge in [-0.25, -0.2) is 4.39 Å². The molecular weight excluding hydrogens is 249 g/mol. The van der Waals surface area contributed by atoms with Gasteiger partial charge >= 0.3 is 0 Å². The fraction of sp³-hybridized carbons (Fsp3) is 0.538. The van der Waals surface area contributed by atoms with Crippen LogP contribution in [0.4, 0.5) is 15.8 Å². The number of hydrogen-bond donors (Lipinski definition) is 1. The third-order valence-electron chi connectivity index (χ3n) is 2.89.